The average Bonchev–Trinajstić information content (AvgIpc) is 2.62. The molecular formula is C18H12Cl3F2NO4. The zero-order valence-electron chi connectivity index (χ0n) is 13.9. The van der Waals surface area contributed by atoms with Crippen LogP contribution in [0.15, 0.2) is 42.5 Å². The van der Waals surface area contributed by atoms with Gasteiger partial charge in [-0.25, -0.2) is 4.79 Å². The number of anilines is 1. The zero-order valence-corrected chi connectivity index (χ0v) is 16.2. The van der Waals surface area contributed by atoms with Crippen LogP contribution >= 0.6 is 34.8 Å². The van der Waals surface area contributed by atoms with E-state index in [-0.39, 0.29) is 21.5 Å². The van der Waals surface area contributed by atoms with Crippen molar-refractivity contribution in [1.29, 1.82) is 0 Å². The molecule has 0 radical (unpaired) electrons. The summed E-state index contributed by atoms with van der Waals surface area (Å²) in [4.78, 5) is 23.5. The van der Waals surface area contributed by atoms with E-state index >= 15 is 0 Å². The largest absolute Gasteiger partial charge is 0.452 e. The Labute approximate surface area is 173 Å². The van der Waals surface area contributed by atoms with E-state index in [1.165, 1.54) is 42.5 Å². The Hall–Kier alpha value is -2.35. The van der Waals surface area contributed by atoms with Crippen LogP contribution in [0.5, 0.6) is 5.75 Å². The second kappa shape index (κ2) is 10.3. The number of esters is 1. The molecule has 2 aromatic carbocycles. The second-order valence-electron chi connectivity index (χ2n) is 5.18. The van der Waals surface area contributed by atoms with Gasteiger partial charge in [0, 0.05) is 11.1 Å². The van der Waals surface area contributed by atoms with E-state index in [9.17, 15) is 18.4 Å². The number of halogens is 5. The maximum Gasteiger partial charge on any atom is 0.387 e. The molecule has 0 aliphatic carbocycles. The smallest absolute Gasteiger partial charge is 0.387 e. The van der Waals surface area contributed by atoms with Crippen LogP contribution in [0, 0.1) is 0 Å². The van der Waals surface area contributed by atoms with Gasteiger partial charge in [0.05, 0.1) is 15.7 Å². The molecule has 0 saturated heterocycles. The highest BCUT2D eigenvalue weighted by atomic mass is 35.5. The minimum Gasteiger partial charge on any atom is -0.452 e. The molecule has 0 aliphatic rings. The van der Waals surface area contributed by atoms with Gasteiger partial charge in [0.25, 0.3) is 5.91 Å². The molecule has 0 aromatic heterocycles. The summed E-state index contributed by atoms with van der Waals surface area (Å²) < 4.78 is 33.2. The summed E-state index contributed by atoms with van der Waals surface area (Å²) in [6, 6.07) is 8.39. The SMILES string of the molecule is O=C(COC(=O)C=Cc1ccc(OC(F)F)cc1)Nc1c(Cl)cc(Cl)cc1Cl. The first-order valence-electron chi connectivity index (χ1n) is 7.58. The molecular weight excluding hydrogens is 439 g/mol. The van der Waals surface area contributed by atoms with E-state index < -0.39 is 25.1 Å². The summed E-state index contributed by atoms with van der Waals surface area (Å²) in [6.45, 7) is -3.49. The minimum absolute atomic E-state index is 0.00841. The van der Waals surface area contributed by atoms with Crippen molar-refractivity contribution in [2.24, 2.45) is 0 Å². The number of amides is 1. The van der Waals surface area contributed by atoms with Crippen molar-refractivity contribution < 1.29 is 27.8 Å². The highest BCUT2D eigenvalue weighted by molar-refractivity contribution is 6.42. The third kappa shape index (κ3) is 6.99. The molecule has 0 fully saturated rings. The molecule has 2 aromatic rings. The first-order valence-corrected chi connectivity index (χ1v) is 8.72. The summed E-state index contributed by atoms with van der Waals surface area (Å²) in [7, 11) is 0. The van der Waals surface area contributed by atoms with E-state index in [1.807, 2.05) is 0 Å². The molecule has 28 heavy (non-hydrogen) atoms. The molecule has 148 valence electrons. The van der Waals surface area contributed by atoms with Crippen LogP contribution in [0.4, 0.5) is 14.5 Å². The van der Waals surface area contributed by atoms with Crippen LogP contribution < -0.4 is 10.1 Å². The third-order valence-electron chi connectivity index (χ3n) is 3.13. The Bertz CT molecular complexity index is 866. The standard InChI is InChI=1S/C18H12Cl3F2NO4/c19-11-7-13(20)17(14(21)8-11)24-15(25)9-27-16(26)6-3-10-1-4-12(5-2-10)28-18(22)23/h1-8,18H,9H2,(H,24,25). The molecule has 0 bridgehead atoms. The van der Waals surface area contributed by atoms with Gasteiger partial charge >= 0.3 is 12.6 Å². The quantitative estimate of drug-likeness (QED) is 0.450. The van der Waals surface area contributed by atoms with Crippen molar-refractivity contribution in [3.63, 3.8) is 0 Å². The summed E-state index contributed by atoms with van der Waals surface area (Å²) in [5.74, 6) is -1.44. The van der Waals surface area contributed by atoms with Crippen LogP contribution in [0.3, 0.4) is 0 Å². The number of carbonyl (C=O) groups is 2. The molecule has 0 unspecified atom stereocenters. The molecule has 0 aliphatic heterocycles. The Kier molecular flexibility index (Phi) is 8.04. The first kappa shape index (κ1) is 21.9. The van der Waals surface area contributed by atoms with Crippen molar-refractivity contribution in [3.05, 3.63) is 63.1 Å². The van der Waals surface area contributed by atoms with Crippen molar-refractivity contribution in [3.8, 4) is 5.75 Å². The number of benzene rings is 2. The lowest BCUT2D eigenvalue weighted by Crippen LogP contribution is -2.20. The van der Waals surface area contributed by atoms with Crippen molar-refractivity contribution in [2.45, 2.75) is 6.61 Å². The Balaban J connectivity index is 1.85. The van der Waals surface area contributed by atoms with Gasteiger partial charge in [-0.2, -0.15) is 8.78 Å². The van der Waals surface area contributed by atoms with Gasteiger partial charge in [0.2, 0.25) is 0 Å². The van der Waals surface area contributed by atoms with Gasteiger partial charge in [-0.3, -0.25) is 4.79 Å². The first-order chi connectivity index (χ1) is 13.2. The average molecular weight is 451 g/mol. The van der Waals surface area contributed by atoms with E-state index in [0.29, 0.717) is 10.6 Å². The van der Waals surface area contributed by atoms with Gasteiger partial charge < -0.3 is 14.8 Å². The molecule has 1 amide bonds. The van der Waals surface area contributed by atoms with Crippen LogP contribution in [0.25, 0.3) is 6.08 Å². The molecule has 5 nitrogen and oxygen atoms in total. The maximum atomic E-state index is 12.1. The molecule has 0 atom stereocenters. The fourth-order valence-corrected chi connectivity index (χ4v) is 2.86. The van der Waals surface area contributed by atoms with Crippen LogP contribution in [0.2, 0.25) is 15.1 Å². The fraction of sp³-hybridized carbons (Fsp3) is 0.111. The van der Waals surface area contributed by atoms with Crippen molar-refractivity contribution in [2.75, 3.05) is 11.9 Å². The Morgan fingerprint density at radius 3 is 2.25 bits per heavy atom. The summed E-state index contributed by atoms with van der Waals surface area (Å²) in [5.41, 5.74) is 0.693. The zero-order chi connectivity index (χ0) is 20.7. The lowest BCUT2D eigenvalue weighted by molar-refractivity contribution is -0.142. The topological polar surface area (TPSA) is 64.6 Å². The lowest BCUT2D eigenvalue weighted by atomic mass is 10.2. The second-order valence-corrected chi connectivity index (χ2v) is 6.43. The fourth-order valence-electron chi connectivity index (χ4n) is 1.95. The summed E-state index contributed by atoms with van der Waals surface area (Å²) in [6.07, 6.45) is 2.47. The summed E-state index contributed by atoms with van der Waals surface area (Å²) in [5, 5.41) is 2.99. The highest BCUT2D eigenvalue weighted by Crippen LogP contribution is 2.33. The number of hydrogen-bond acceptors (Lipinski definition) is 4. The number of hydrogen-bond donors (Lipinski definition) is 1. The van der Waals surface area contributed by atoms with E-state index in [1.54, 1.807) is 0 Å². The van der Waals surface area contributed by atoms with Crippen LogP contribution in [0.1, 0.15) is 5.56 Å². The maximum absolute atomic E-state index is 12.1. The van der Waals surface area contributed by atoms with E-state index in [4.69, 9.17) is 39.5 Å². The van der Waals surface area contributed by atoms with Crippen LogP contribution in [-0.2, 0) is 14.3 Å². The predicted molar refractivity (Wildman–Crippen MR) is 103 cm³/mol. The Morgan fingerprint density at radius 1 is 1.07 bits per heavy atom. The van der Waals surface area contributed by atoms with E-state index in [2.05, 4.69) is 10.1 Å². The van der Waals surface area contributed by atoms with Gasteiger partial charge in [0.1, 0.15) is 5.75 Å². The van der Waals surface area contributed by atoms with Gasteiger partial charge in [-0.1, -0.05) is 46.9 Å². The number of carbonyl (C=O) groups excluding carboxylic acids is 2. The molecule has 0 saturated carbocycles. The number of rotatable bonds is 7. The normalized spacial score (nSPS) is 10.9. The summed E-state index contributed by atoms with van der Waals surface area (Å²) >= 11 is 17.7. The number of nitrogens with one attached hydrogen (secondary N) is 1. The predicted octanol–water partition coefficient (Wildman–Crippen LogP) is 5.44. The molecule has 10 heteroatoms. The van der Waals surface area contributed by atoms with Crippen molar-refractivity contribution >= 4 is 58.4 Å². The Morgan fingerprint density at radius 2 is 1.68 bits per heavy atom. The highest BCUT2D eigenvalue weighted by Gasteiger charge is 2.12. The molecule has 0 heterocycles. The van der Waals surface area contributed by atoms with Gasteiger partial charge in [-0.05, 0) is 35.9 Å². The molecule has 1 N–H and O–H groups in total. The van der Waals surface area contributed by atoms with Gasteiger partial charge in [0.15, 0.2) is 6.61 Å². The van der Waals surface area contributed by atoms with Gasteiger partial charge in [-0.15, -0.1) is 0 Å². The lowest BCUT2D eigenvalue weighted by Gasteiger charge is -2.09. The minimum atomic E-state index is -2.92. The monoisotopic (exact) mass is 449 g/mol. The van der Waals surface area contributed by atoms with E-state index in [0.717, 1.165) is 6.08 Å². The third-order valence-corrected chi connectivity index (χ3v) is 3.95. The molecule has 0 spiro atoms. The molecule has 2 rings (SSSR count). The van der Waals surface area contributed by atoms with Crippen molar-refractivity contribution in [1.82, 2.24) is 0 Å². The number of alkyl halides is 2. The number of ether oxygens (including phenoxy) is 2. The van der Waals surface area contributed by atoms with Crippen LogP contribution in [-0.4, -0.2) is 25.1 Å².